The van der Waals surface area contributed by atoms with E-state index in [1.165, 1.54) is 11.3 Å². The summed E-state index contributed by atoms with van der Waals surface area (Å²) in [7, 11) is 0. The van der Waals surface area contributed by atoms with Crippen molar-refractivity contribution >= 4 is 52.0 Å². The van der Waals surface area contributed by atoms with Gasteiger partial charge in [-0.3, -0.25) is 19.3 Å². The third-order valence-electron chi connectivity index (χ3n) is 5.22. The van der Waals surface area contributed by atoms with E-state index in [1.807, 2.05) is 17.0 Å². The van der Waals surface area contributed by atoms with Crippen LogP contribution in [0.25, 0.3) is 0 Å². The number of ether oxygens (including phenoxy) is 1. The van der Waals surface area contributed by atoms with Crippen molar-refractivity contribution in [2.75, 3.05) is 49.6 Å². The fraction of sp³-hybridized carbons (Fsp3) is 0.381. The number of likely N-dealkylation sites (tertiary alicyclic amines) is 1. The molecular formula is C21H23ClN4O4S. The van der Waals surface area contributed by atoms with Gasteiger partial charge in [0.25, 0.3) is 11.8 Å². The van der Waals surface area contributed by atoms with Crippen molar-refractivity contribution in [3.8, 4) is 0 Å². The van der Waals surface area contributed by atoms with Crippen molar-refractivity contribution in [3.63, 3.8) is 0 Å². The maximum Gasteiger partial charge on any atom is 0.261 e. The number of nitrogens with one attached hydrogen (secondary N) is 2. The van der Waals surface area contributed by atoms with Crippen LogP contribution >= 0.6 is 22.9 Å². The molecule has 3 amide bonds. The number of morpholine rings is 1. The van der Waals surface area contributed by atoms with E-state index >= 15 is 0 Å². The van der Waals surface area contributed by atoms with Crippen LogP contribution in [-0.2, 0) is 14.3 Å². The fourth-order valence-electron chi connectivity index (χ4n) is 3.71. The summed E-state index contributed by atoms with van der Waals surface area (Å²) in [6.45, 7) is 2.75. The molecule has 3 heterocycles. The van der Waals surface area contributed by atoms with E-state index in [0.717, 1.165) is 18.7 Å². The van der Waals surface area contributed by atoms with Gasteiger partial charge in [0.15, 0.2) is 0 Å². The summed E-state index contributed by atoms with van der Waals surface area (Å²) in [4.78, 5) is 40.9. The number of anilines is 2. The molecule has 31 heavy (non-hydrogen) atoms. The predicted molar refractivity (Wildman–Crippen MR) is 120 cm³/mol. The van der Waals surface area contributed by atoms with Gasteiger partial charge in [-0.15, -0.1) is 11.3 Å². The van der Waals surface area contributed by atoms with Gasteiger partial charge in [0.1, 0.15) is 6.61 Å². The maximum atomic E-state index is 12.4. The normalized spacial score (nSPS) is 19.5. The summed E-state index contributed by atoms with van der Waals surface area (Å²) >= 11 is 7.14. The first-order valence-electron chi connectivity index (χ1n) is 10.0. The first kappa shape index (κ1) is 21.8. The van der Waals surface area contributed by atoms with Gasteiger partial charge in [0.2, 0.25) is 5.91 Å². The molecule has 1 atom stereocenters. The van der Waals surface area contributed by atoms with Crippen LogP contribution in [0.15, 0.2) is 36.4 Å². The van der Waals surface area contributed by atoms with Crippen molar-refractivity contribution in [2.24, 2.45) is 0 Å². The van der Waals surface area contributed by atoms with Gasteiger partial charge in [0, 0.05) is 37.1 Å². The smallest absolute Gasteiger partial charge is 0.261 e. The highest BCUT2D eigenvalue weighted by Gasteiger charge is 2.26. The van der Waals surface area contributed by atoms with E-state index in [2.05, 4.69) is 10.6 Å². The molecule has 10 heteroatoms. The van der Waals surface area contributed by atoms with Crippen LogP contribution in [0.5, 0.6) is 0 Å². The second-order valence-electron chi connectivity index (χ2n) is 7.49. The summed E-state index contributed by atoms with van der Waals surface area (Å²) in [5.74, 6) is -0.319. The van der Waals surface area contributed by atoms with Crippen molar-refractivity contribution in [1.29, 1.82) is 0 Å². The Morgan fingerprint density at radius 3 is 2.68 bits per heavy atom. The lowest BCUT2D eigenvalue weighted by Gasteiger charge is -2.27. The third-order valence-corrected chi connectivity index (χ3v) is 6.45. The molecule has 2 aromatic rings. The zero-order chi connectivity index (χ0) is 21.8. The Morgan fingerprint density at radius 2 is 1.97 bits per heavy atom. The summed E-state index contributed by atoms with van der Waals surface area (Å²) < 4.78 is 5.73. The van der Waals surface area contributed by atoms with E-state index in [9.17, 15) is 14.4 Å². The molecule has 8 nitrogen and oxygen atoms in total. The molecule has 0 spiro atoms. The van der Waals surface area contributed by atoms with Gasteiger partial charge in [0.05, 0.1) is 22.4 Å². The standard InChI is InChI=1S/C21H23ClN4O4S/c22-18-6-5-17(31-18)21(29)24-15-7-8-25(11-15)12-19(27)23-14-1-3-16(4-2-14)26-9-10-30-13-20(26)28/h1-6,15H,7-13H2,(H,23,27)(H,24,29). The molecule has 1 aromatic heterocycles. The Balaban J connectivity index is 1.23. The molecule has 0 bridgehead atoms. The number of hydrogen-bond acceptors (Lipinski definition) is 6. The molecule has 4 rings (SSSR count). The Labute approximate surface area is 189 Å². The molecular weight excluding hydrogens is 440 g/mol. The van der Waals surface area contributed by atoms with E-state index < -0.39 is 0 Å². The lowest BCUT2D eigenvalue weighted by molar-refractivity contribution is -0.125. The predicted octanol–water partition coefficient (Wildman–Crippen LogP) is 2.21. The molecule has 2 saturated heterocycles. The minimum Gasteiger partial charge on any atom is -0.370 e. The number of carbonyl (C=O) groups is 3. The summed E-state index contributed by atoms with van der Waals surface area (Å²) in [6.07, 6.45) is 0.792. The Hall–Kier alpha value is -2.46. The van der Waals surface area contributed by atoms with Crippen LogP contribution in [0.2, 0.25) is 4.34 Å². The molecule has 2 fully saturated rings. The summed E-state index contributed by atoms with van der Waals surface area (Å²) in [5.41, 5.74) is 1.46. The molecule has 0 saturated carbocycles. The molecule has 0 aliphatic carbocycles. The average Bonchev–Trinajstić information content (AvgIpc) is 3.38. The largest absolute Gasteiger partial charge is 0.370 e. The molecule has 2 N–H and O–H groups in total. The van der Waals surface area contributed by atoms with Crippen LogP contribution in [0.1, 0.15) is 16.1 Å². The van der Waals surface area contributed by atoms with Crippen molar-refractivity contribution < 1.29 is 19.1 Å². The lowest BCUT2D eigenvalue weighted by atomic mass is 10.2. The van der Waals surface area contributed by atoms with Crippen LogP contribution in [0, 0.1) is 0 Å². The molecule has 1 unspecified atom stereocenters. The van der Waals surface area contributed by atoms with Gasteiger partial charge in [-0.05, 0) is 42.8 Å². The third kappa shape index (κ3) is 5.62. The van der Waals surface area contributed by atoms with Gasteiger partial charge >= 0.3 is 0 Å². The fourth-order valence-corrected chi connectivity index (χ4v) is 4.65. The van der Waals surface area contributed by atoms with E-state index in [4.69, 9.17) is 16.3 Å². The minimum atomic E-state index is -0.132. The van der Waals surface area contributed by atoms with Gasteiger partial charge < -0.3 is 20.3 Å². The van der Waals surface area contributed by atoms with Gasteiger partial charge in [-0.2, -0.15) is 0 Å². The van der Waals surface area contributed by atoms with Crippen molar-refractivity contribution in [3.05, 3.63) is 45.6 Å². The first-order chi connectivity index (χ1) is 15.0. The minimum absolute atomic E-state index is 0.00604. The molecule has 2 aliphatic heterocycles. The molecule has 0 radical (unpaired) electrons. The highest BCUT2D eigenvalue weighted by molar-refractivity contribution is 7.18. The second kappa shape index (κ2) is 9.78. The Kier molecular flexibility index (Phi) is 6.86. The van der Waals surface area contributed by atoms with Crippen LogP contribution in [0.3, 0.4) is 0 Å². The number of rotatable bonds is 6. The van der Waals surface area contributed by atoms with Crippen LogP contribution < -0.4 is 15.5 Å². The Morgan fingerprint density at radius 1 is 1.16 bits per heavy atom. The SMILES string of the molecule is O=C(CN1CCC(NC(=O)c2ccc(Cl)s2)C1)Nc1ccc(N2CCOCC2=O)cc1. The number of amides is 3. The highest BCUT2D eigenvalue weighted by Crippen LogP contribution is 2.22. The monoisotopic (exact) mass is 462 g/mol. The number of benzene rings is 1. The highest BCUT2D eigenvalue weighted by atomic mass is 35.5. The maximum absolute atomic E-state index is 12.4. The van der Waals surface area contributed by atoms with E-state index in [0.29, 0.717) is 34.6 Å². The number of thiophene rings is 1. The molecule has 2 aliphatic rings. The number of carbonyl (C=O) groups excluding carboxylic acids is 3. The second-order valence-corrected chi connectivity index (χ2v) is 9.21. The zero-order valence-corrected chi connectivity index (χ0v) is 18.4. The van der Waals surface area contributed by atoms with Gasteiger partial charge in [-0.1, -0.05) is 11.6 Å². The van der Waals surface area contributed by atoms with Crippen molar-refractivity contribution in [2.45, 2.75) is 12.5 Å². The van der Waals surface area contributed by atoms with E-state index in [-0.39, 0.29) is 36.9 Å². The lowest BCUT2D eigenvalue weighted by Crippen LogP contribution is -2.41. The van der Waals surface area contributed by atoms with Crippen LogP contribution in [0.4, 0.5) is 11.4 Å². The van der Waals surface area contributed by atoms with Crippen LogP contribution in [-0.4, -0.2) is 68.1 Å². The van der Waals surface area contributed by atoms with Gasteiger partial charge in [-0.25, -0.2) is 0 Å². The number of halogens is 1. The average molecular weight is 463 g/mol. The number of nitrogens with zero attached hydrogens (tertiary/aromatic N) is 2. The first-order valence-corrected chi connectivity index (χ1v) is 11.2. The number of hydrogen-bond donors (Lipinski definition) is 2. The summed E-state index contributed by atoms with van der Waals surface area (Å²) in [6, 6.07) is 10.6. The summed E-state index contributed by atoms with van der Waals surface area (Å²) in [5, 5.41) is 5.89. The van der Waals surface area contributed by atoms with Crippen molar-refractivity contribution in [1.82, 2.24) is 10.2 Å². The quantitative estimate of drug-likeness (QED) is 0.686. The Bertz CT molecular complexity index is 965. The topological polar surface area (TPSA) is 91.0 Å². The van der Waals surface area contributed by atoms with E-state index in [1.54, 1.807) is 29.2 Å². The molecule has 164 valence electrons. The molecule has 1 aromatic carbocycles. The zero-order valence-electron chi connectivity index (χ0n) is 16.8.